The van der Waals surface area contributed by atoms with E-state index in [1.54, 1.807) is 0 Å². The van der Waals surface area contributed by atoms with Gasteiger partial charge in [0.15, 0.2) is 0 Å². The van der Waals surface area contributed by atoms with E-state index >= 15 is 0 Å². The van der Waals surface area contributed by atoms with Gasteiger partial charge in [0.1, 0.15) is 0 Å². The molecule has 0 saturated carbocycles. The molecule has 0 radical (unpaired) electrons. The highest BCUT2D eigenvalue weighted by molar-refractivity contribution is 5.63. The Morgan fingerprint density at radius 1 is 1.00 bits per heavy atom. The molecule has 2 aromatic rings. The molecule has 0 N–H and O–H groups in total. The van der Waals surface area contributed by atoms with Crippen LogP contribution >= 0.6 is 0 Å². The summed E-state index contributed by atoms with van der Waals surface area (Å²) < 4.78 is 0. The maximum Gasteiger partial charge on any atom is 0.0432 e. The van der Waals surface area contributed by atoms with E-state index in [0.717, 1.165) is 13.0 Å². The van der Waals surface area contributed by atoms with E-state index in [4.69, 9.17) is 0 Å². The van der Waals surface area contributed by atoms with Gasteiger partial charge in [0.05, 0.1) is 0 Å². The quantitative estimate of drug-likeness (QED) is 0.755. The van der Waals surface area contributed by atoms with E-state index in [1.165, 1.54) is 28.8 Å². The van der Waals surface area contributed by atoms with Crippen LogP contribution in [-0.2, 0) is 12.8 Å². The molecule has 1 aliphatic rings. The Balaban J connectivity index is 1.97. The van der Waals surface area contributed by atoms with Crippen LogP contribution in [0.2, 0.25) is 0 Å². The summed E-state index contributed by atoms with van der Waals surface area (Å²) in [5, 5.41) is 0. The van der Waals surface area contributed by atoms with Crippen LogP contribution in [0, 0.1) is 0 Å². The summed E-state index contributed by atoms with van der Waals surface area (Å²) >= 11 is 0. The zero-order valence-electron chi connectivity index (χ0n) is 10.2. The third-order valence-corrected chi connectivity index (χ3v) is 3.54. The first-order valence-corrected chi connectivity index (χ1v) is 6.20. The van der Waals surface area contributed by atoms with Crippen molar-refractivity contribution < 1.29 is 0 Å². The van der Waals surface area contributed by atoms with Gasteiger partial charge in [-0.15, -0.1) is 0 Å². The van der Waals surface area contributed by atoms with Gasteiger partial charge < -0.3 is 4.90 Å². The van der Waals surface area contributed by atoms with Crippen LogP contribution in [0.25, 0.3) is 0 Å². The molecule has 0 spiro atoms. The molecule has 1 aliphatic heterocycles. The van der Waals surface area contributed by atoms with Crippen molar-refractivity contribution in [1.82, 2.24) is 0 Å². The van der Waals surface area contributed by atoms with Crippen LogP contribution in [0.3, 0.4) is 0 Å². The average Bonchev–Trinajstić information content (AvgIpc) is 2.74. The van der Waals surface area contributed by atoms with E-state index in [-0.39, 0.29) is 0 Å². The fourth-order valence-electron chi connectivity index (χ4n) is 2.69. The number of hydrogen-bond donors (Lipinski definition) is 0. The lowest BCUT2D eigenvalue weighted by atomic mass is 10.0. The highest BCUT2D eigenvalue weighted by Gasteiger charge is 2.18. The van der Waals surface area contributed by atoms with Crippen molar-refractivity contribution in [2.45, 2.75) is 12.8 Å². The summed E-state index contributed by atoms with van der Waals surface area (Å²) in [5.41, 5.74) is 5.80. The summed E-state index contributed by atoms with van der Waals surface area (Å²) in [6.07, 6.45) is 2.23. The standard InChI is InChI=1S/C16H17N/c1-17-11-10-14-8-5-9-15(16(14)17)12-13-6-3-2-4-7-13/h2-9H,10-12H2,1H3. The zero-order chi connectivity index (χ0) is 11.7. The van der Waals surface area contributed by atoms with E-state index in [1.807, 2.05) is 0 Å². The molecule has 1 nitrogen and oxygen atoms in total. The fourth-order valence-corrected chi connectivity index (χ4v) is 2.69. The van der Waals surface area contributed by atoms with Crippen LogP contribution in [0.5, 0.6) is 0 Å². The maximum atomic E-state index is 2.38. The topological polar surface area (TPSA) is 3.24 Å². The van der Waals surface area contributed by atoms with Gasteiger partial charge in [0.2, 0.25) is 0 Å². The average molecular weight is 223 g/mol. The second-order valence-electron chi connectivity index (χ2n) is 4.76. The number of benzene rings is 2. The van der Waals surface area contributed by atoms with E-state index in [2.05, 4.69) is 60.5 Å². The van der Waals surface area contributed by atoms with Gasteiger partial charge in [-0.05, 0) is 29.5 Å². The van der Waals surface area contributed by atoms with Crippen molar-refractivity contribution in [3.05, 3.63) is 65.2 Å². The number of anilines is 1. The Labute approximate surface area is 103 Å². The lowest BCUT2D eigenvalue weighted by Crippen LogP contribution is -2.14. The Morgan fingerprint density at radius 3 is 2.65 bits per heavy atom. The van der Waals surface area contributed by atoms with Gasteiger partial charge in [-0.3, -0.25) is 0 Å². The number of nitrogens with zero attached hydrogens (tertiary/aromatic N) is 1. The summed E-state index contributed by atoms with van der Waals surface area (Å²) in [5.74, 6) is 0. The first-order chi connectivity index (χ1) is 8.34. The minimum Gasteiger partial charge on any atom is -0.374 e. The molecule has 0 aromatic heterocycles. The molecule has 2 aromatic carbocycles. The second kappa shape index (κ2) is 4.25. The Hall–Kier alpha value is -1.76. The van der Waals surface area contributed by atoms with Crippen molar-refractivity contribution in [2.75, 3.05) is 18.5 Å². The Kier molecular flexibility index (Phi) is 2.60. The van der Waals surface area contributed by atoms with Crippen LogP contribution in [0.1, 0.15) is 16.7 Å². The molecule has 86 valence electrons. The number of likely N-dealkylation sites (N-methyl/N-ethyl adjacent to an activating group) is 1. The molecule has 0 amide bonds. The zero-order valence-corrected chi connectivity index (χ0v) is 10.2. The van der Waals surface area contributed by atoms with E-state index in [9.17, 15) is 0 Å². The third kappa shape index (κ3) is 1.93. The molecular weight excluding hydrogens is 206 g/mol. The van der Waals surface area contributed by atoms with Crippen molar-refractivity contribution in [3.8, 4) is 0 Å². The largest absolute Gasteiger partial charge is 0.374 e. The lowest BCUT2D eigenvalue weighted by Gasteiger charge is -2.16. The summed E-state index contributed by atoms with van der Waals surface area (Å²) in [6, 6.07) is 17.4. The van der Waals surface area contributed by atoms with Gasteiger partial charge in [0.25, 0.3) is 0 Å². The highest BCUT2D eigenvalue weighted by Crippen LogP contribution is 2.31. The summed E-state index contributed by atoms with van der Waals surface area (Å²) in [4.78, 5) is 2.38. The molecule has 1 heteroatoms. The molecule has 0 bridgehead atoms. The number of para-hydroxylation sites is 1. The fraction of sp³-hybridized carbons (Fsp3) is 0.250. The van der Waals surface area contributed by atoms with Crippen LogP contribution in [0.15, 0.2) is 48.5 Å². The van der Waals surface area contributed by atoms with Crippen molar-refractivity contribution in [3.63, 3.8) is 0 Å². The maximum absolute atomic E-state index is 2.38. The Morgan fingerprint density at radius 2 is 1.82 bits per heavy atom. The SMILES string of the molecule is CN1CCc2cccc(Cc3ccccc3)c21. The smallest absolute Gasteiger partial charge is 0.0432 e. The number of hydrogen-bond acceptors (Lipinski definition) is 1. The van der Waals surface area contributed by atoms with Gasteiger partial charge >= 0.3 is 0 Å². The second-order valence-corrected chi connectivity index (χ2v) is 4.76. The predicted octanol–water partition coefficient (Wildman–Crippen LogP) is 3.27. The minimum absolute atomic E-state index is 1.04. The van der Waals surface area contributed by atoms with Gasteiger partial charge in [0, 0.05) is 19.3 Å². The summed E-state index contributed by atoms with van der Waals surface area (Å²) in [7, 11) is 2.19. The molecule has 0 saturated heterocycles. The molecule has 0 fully saturated rings. The molecule has 3 rings (SSSR count). The van der Waals surface area contributed by atoms with Crippen LogP contribution in [0.4, 0.5) is 5.69 Å². The van der Waals surface area contributed by atoms with Gasteiger partial charge in [-0.2, -0.15) is 0 Å². The highest BCUT2D eigenvalue weighted by atomic mass is 15.1. The molecular formula is C16H17N. The number of rotatable bonds is 2. The molecule has 0 unspecified atom stereocenters. The summed E-state index contributed by atoms with van der Waals surface area (Å²) in [6.45, 7) is 1.15. The normalized spacial score (nSPS) is 13.8. The van der Waals surface area contributed by atoms with Crippen molar-refractivity contribution in [2.24, 2.45) is 0 Å². The first-order valence-electron chi connectivity index (χ1n) is 6.20. The van der Waals surface area contributed by atoms with Crippen molar-refractivity contribution in [1.29, 1.82) is 0 Å². The van der Waals surface area contributed by atoms with Crippen molar-refractivity contribution >= 4 is 5.69 Å². The number of fused-ring (bicyclic) bond motifs is 1. The van der Waals surface area contributed by atoms with E-state index < -0.39 is 0 Å². The van der Waals surface area contributed by atoms with Crippen LogP contribution < -0.4 is 4.90 Å². The lowest BCUT2D eigenvalue weighted by molar-refractivity contribution is 0.951. The first kappa shape index (κ1) is 10.4. The monoisotopic (exact) mass is 223 g/mol. The molecule has 17 heavy (non-hydrogen) atoms. The van der Waals surface area contributed by atoms with E-state index in [0.29, 0.717) is 0 Å². The Bertz CT molecular complexity index is 516. The predicted molar refractivity (Wildman–Crippen MR) is 72.7 cm³/mol. The van der Waals surface area contributed by atoms with Gasteiger partial charge in [-0.25, -0.2) is 0 Å². The molecule has 0 atom stereocenters. The minimum atomic E-state index is 1.04. The van der Waals surface area contributed by atoms with Crippen LogP contribution in [-0.4, -0.2) is 13.6 Å². The van der Waals surface area contributed by atoms with Gasteiger partial charge in [-0.1, -0.05) is 48.5 Å². The third-order valence-electron chi connectivity index (χ3n) is 3.54. The molecule has 1 heterocycles. The molecule has 0 aliphatic carbocycles.